The maximum atomic E-state index is 12.2. The van der Waals surface area contributed by atoms with E-state index in [1.54, 1.807) is 7.05 Å². The monoisotopic (exact) mass is 435 g/mol. The number of nitrogens with one attached hydrogen (secondary N) is 2. The predicted molar refractivity (Wildman–Crippen MR) is 130 cm³/mol. The van der Waals surface area contributed by atoms with Crippen LogP contribution in [0.4, 0.5) is 11.4 Å². The zero-order valence-electron chi connectivity index (χ0n) is 19.1. The lowest BCUT2D eigenvalue weighted by Gasteiger charge is -2.38. The van der Waals surface area contributed by atoms with Crippen LogP contribution in [0.5, 0.6) is 0 Å². The lowest BCUT2D eigenvalue weighted by Crippen LogP contribution is -2.44. The Balaban J connectivity index is 1.37. The SMILES string of the molecule is C=Nc1cc(C(=O)NC)ccc1N1CCC(N2CCC(c3ccc(CC)c(=O)[nH]3)C2)CC1. The predicted octanol–water partition coefficient (Wildman–Crippen LogP) is 3.09. The van der Waals surface area contributed by atoms with Gasteiger partial charge in [-0.25, -0.2) is 0 Å². The minimum absolute atomic E-state index is 0.0610. The first-order valence-corrected chi connectivity index (χ1v) is 11.6. The van der Waals surface area contributed by atoms with Crippen molar-refractivity contribution in [1.82, 2.24) is 15.2 Å². The molecule has 7 nitrogen and oxygen atoms in total. The van der Waals surface area contributed by atoms with Gasteiger partial charge in [0.15, 0.2) is 0 Å². The van der Waals surface area contributed by atoms with Gasteiger partial charge in [0.05, 0.1) is 11.4 Å². The van der Waals surface area contributed by atoms with Gasteiger partial charge in [0.2, 0.25) is 0 Å². The summed E-state index contributed by atoms with van der Waals surface area (Å²) in [5.74, 6) is 0.287. The third-order valence-corrected chi connectivity index (χ3v) is 7.01. The molecule has 1 amide bonds. The summed E-state index contributed by atoms with van der Waals surface area (Å²) in [6, 6.07) is 10.3. The summed E-state index contributed by atoms with van der Waals surface area (Å²) >= 11 is 0. The van der Waals surface area contributed by atoms with Gasteiger partial charge in [0.25, 0.3) is 11.5 Å². The topological polar surface area (TPSA) is 80.8 Å². The van der Waals surface area contributed by atoms with Crippen molar-refractivity contribution in [2.75, 3.05) is 38.1 Å². The largest absolute Gasteiger partial charge is 0.370 e. The van der Waals surface area contributed by atoms with Gasteiger partial charge < -0.3 is 15.2 Å². The highest BCUT2D eigenvalue weighted by Crippen LogP contribution is 2.34. The first-order valence-electron chi connectivity index (χ1n) is 11.6. The highest BCUT2D eigenvalue weighted by Gasteiger charge is 2.32. The number of piperidine rings is 1. The maximum Gasteiger partial charge on any atom is 0.251 e. The van der Waals surface area contributed by atoms with Crippen LogP contribution in [0.25, 0.3) is 0 Å². The number of aliphatic imine (C=N–C) groups is 1. The van der Waals surface area contributed by atoms with Crippen LogP contribution in [0, 0.1) is 0 Å². The first kappa shape index (κ1) is 22.3. The number of pyridine rings is 1. The second-order valence-corrected chi connectivity index (χ2v) is 8.76. The summed E-state index contributed by atoms with van der Waals surface area (Å²) in [6.07, 6.45) is 4.04. The normalized spacial score (nSPS) is 19.8. The number of aryl methyl sites for hydroxylation is 1. The number of aromatic amines is 1. The Morgan fingerprint density at radius 3 is 2.62 bits per heavy atom. The molecule has 1 atom stereocenters. The molecule has 2 aromatic rings. The molecule has 2 saturated heterocycles. The van der Waals surface area contributed by atoms with Crippen LogP contribution in [0.3, 0.4) is 0 Å². The molecule has 1 aromatic heterocycles. The third-order valence-electron chi connectivity index (χ3n) is 7.01. The third kappa shape index (κ3) is 4.48. The summed E-state index contributed by atoms with van der Waals surface area (Å²) in [6.45, 7) is 9.71. The first-order chi connectivity index (χ1) is 15.5. The average molecular weight is 436 g/mol. The molecule has 3 heterocycles. The fourth-order valence-corrected chi connectivity index (χ4v) is 5.08. The number of aromatic nitrogens is 1. The number of benzene rings is 1. The Morgan fingerprint density at radius 1 is 1.19 bits per heavy atom. The van der Waals surface area contributed by atoms with E-state index in [1.807, 2.05) is 31.2 Å². The van der Waals surface area contributed by atoms with E-state index in [0.29, 0.717) is 17.5 Å². The number of hydrogen-bond donors (Lipinski definition) is 2. The van der Waals surface area contributed by atoms with Crippen molar-refractivity contribution >= 4 is 24.0 Å². The molecule has 0 radical (unpaired) electrons. The van der Waals surface area contributed by atoms with Gasteiger partial charge in [-0.2, -0.15) is 0 Å². The summed E-state index contributed by atoms with van der Waals surface area (Å²) in [4.78, 5) is 36.4. The van der Waals surface area contributed by atoms with Crippen molar-refractivity contribution in [3.63, 3.8) is 0 Å². The minimum Gasteiger partial charge on any atom is -0.370 e. The van der Waals surface area contributed by atoms with E-state index in [0.717, 1.165) is 74.5 Å². The van der Waals surface area contributed by atoms with E-state index in [9.17, 15) is 9.59 Å². The number of anilines is 1. The molecule has 0 spiro atoms. The fourth-order valence-electron chi connectivity index (χ4n) is 5.08. The van der Waals surface area contributed by atoms with E-state index in [2.05, 4.69) is 37.9 Å². The molecule has 1 aromatic carbocycles. The van der Waals surface area contributed by atoms with Crippen LogP contribution < -0.4 is 15.8 Å². The van der Waals surface area contributed by atoms with Crippen molar-refractivity contribution in [1.29, 1.82) is 0 Å². The molecule has 0 aliphatic carbocycles. The smallest absolute Gasteiger partial charge is 0.251 e. The Hall–Kier alpha value is -2.93. The molecular formula is C25H33N5O2. The molecule has 32 heavy (non-hydrogen) atoms. The van der Waals surface area contributed by atoms with Crippen LogP contribution in [-0.2, 0) is 6.42 Å². The van der Waals surface area contributed by atoms with Gasteiger partial charge in [-0.15, -0.1) is 0 Å². The number of carbonyl (C=O) groups is 1. The average Bonchev–Trinajstić information content (AvgIpc) is 3.33. The standard InChI is InChI=1S/C25H33N5O2/c1-4-17-5-7-21(28-25(17)32)19-9-12-30(16-19)20-10-13-29(14-11-20)23-8-6-18(24(31)27-3)15-22(23)26-2/h5-8,15,19-20H,2,4,9-14,16H2,1,3H3,(H,27,31)(H,28,32). The number of hydrogen-bond acceptors (Lipinski definition) is 5. The summed E-state index contributed by atoms with van der Waals surface area (Å²) in [5.41, 5.74) is 4.38. The Kier molecular flexibility index (Phi) is 6.74. The molecule has 0 saturated carbocycles. The van der Waals surface area contributed by atoms with E-state index in [-0.39, 0.29) is 11.5 Å². The molecule has 4 rings (SSSR count). The Labute approximate surface area is 189 Å². The minimum atomic E-state index is -0.116. The van der Waals surface area contributed by atoms with E-state index in [4.69, 9.17) is 0 Å². The van der Waals surface area contributed by atoms with Gasteiger partial charge >= 0.3 is 0 Å². The lowest BCUT2D eigenvalue weighted by molar-refractivity contribution is 0.0963. The second-order valence-electron chi connectivity index (χ2n) is 8.76. The molecule has 170 valence electrons. The van der Waals surface area contributed by atoms with E-state index >= 15 is 0 Å². The van der Waals surface area contributed by atoms with Gasteiger partial charge in [-0.3, -0.25) is 19.5 Å². The molecule has 2 fully saturated rings. The van der Waals surface area contributed by atoms with Crippen LogP contribution in [-0.4, -0.2) is 61.8 Å². The van der Waals surface area contributed by atoms with Crippen molar-refractivity contribution in [2.45, 2.75) is 44.6 Å². The van der Waals surface area contributed by atoms with E-state index in [1.165, 1.54) is 0 Å². The van der Waals surface area contributed by atoms with Crippen molar-refractivity contribution in [2.24, 2.45) is 4.99 Å². The van der Waals surface area contributed by atoms with Gasteiger partial charge in [0.1, 0.15) is 0 Å². The molecular weight excluding hydrogens is 402 g/mol. The molecule has 2 aliphatic rings. The van der Waals surface area contributed by atoms with Crippen LogP contribution in [0.1, 0.15) is 53.7 Å². The Morgan fingerprint density at radius 2 is 1.97 bits per heavy atom. The quantitative estimate of drug-likeness (QED) is 0.684. The summed E-state index contributed by atoms with van der Waals surface area (Å²) in [7, 11) is 1.63. The number of H-pyrrole nitrogens is 1. The zero-order valence-corrected chi connectivity index (χ0v) is 19.1. The van der Waals surface area contributed by atoms with Crippen LogP contribution >= 0.6 is 0 Å². The summed E-state index contributed by atoms with van der Waals surface area (Å²) in [5, 5.41) is 2.65. The number of carbonyl (C=O) groups excluding carboxylic acids is 1. The number of nitrogens with zero attached hydrogens (tertiary/aromatic N) is 3. The number of rotatable bonds is 6. The van der Waals surface area contributed by atoms with Crippen molar-refractivity contribution in [3.05, 3.63) is 57.5 Å². The highest BCUT2D eigenvalue weighted by atomic mass is 16.1. The number of likely N-dealkylation sites (tertiary alicyclic amines) is 1. The van der Waals surface area contributed by atoms with Crippen molar-refractivity contribution in [3.8, 4) is 0 Å². The van der Waals surface area contributed by atoms with Gasteiger partial charge in [-0.05, 0) is 63.2 Å². The van der Waals surface area contributed by atoms with Gasteiger partial charge in [-0.1, -0.05) is 13.0 Å². The lowest BCUT2D eigenvalue weighted by atomic mass is 10.0. The number of amides is 1. The molecule has 0 bridgehead atoms. The second kappa shape index (κ2) is 9.69. The maximum absolute atomic E-state index is 12.2. The fraction of sp³-hybridized carbons (Fsp3) is 0.480. The zero-order chi connectivity index (χ0) is 22.7. The van der Waals surface area contributed by atoms with Crippen LogP contribution in [0.15, 0.2) is 40.1 Å². The molecule has 2 aliphatic heterocycles. The summed E-state index contributed by atoms with van der Waals surface area (Å²) < 4.78 is 0. The van der Waals surface area contributed by atoms with Crippen LogP contribution in [0.2, 0.25) is 0 Å². The highest BCUT2D eigenvalue weighted by molar-refractivity contribution is 5.96. The van der Waals surface area contributed by atoms with Gasteiger partial charge in [0, 0.05) is 55.5 Å². The molecule has 2 N–H and O–H groups in total. The van der Waals surface area contributed by atoms with Crippen molar-refractivity contribution < 1.29 is 4.79 Å². The molecule has 1 unspecified atom stereocenters. The molecule has 7 heteroatoms. The van der Waals surface area contributed by atoms with E-state index < -0.39 is 0 Å². The Bertz CT molecular complexity index is 1040.